The lowest BCUT2D eigenvalue weighted by atomic mass is 10.0. The number of aryl methyl sites for hydroxylation is 2. The summed E-state index contributed by atoms with van der Waals surface area (Å²) in [6, 6.07) is 8.84. The maximum Gasteiger partial charge on any atom is 0.259 e. The van der Waals surface area contributed by atoms with Crippen molar-refractivity contribution in [2.75, 3.05) is 51.3 Å². The number of methoxy groups -OCH3 is 1. The van der Waals surface area contributed by atoms with Gasteiger partial charge in [-0.25, -0.2) is 0 Å². The zero-order chi connectivity index (χ0) is 20.4. The van der Waals surface area contributed by atoms with E-state index in [9.17, 15) is 4.79 Å². The Hall–Kier alpha value is -2.54. The van der Waals surface area contributed by atoms with E-state index < -0.39 is 0 Å². The van der Waals surface area contributed by atoms with Crippen LogP contribution in [0.4, 0.5) is 5.69 Å². The van der Waals surface area contributed by atoms with Crippen molar-refractivity contribution in [3.63, 3.8) is 0 Å². The molecule has 2 fully saturated rings. The molecule has 1 amide bonds. The van der Waals surface area contributed by atoms with E-state index in [1.165, 1.54) is 5.69 Å². The van der Waals surface area contributed by atoms with Crippen LogP contribution in [-0.4, -0.2) is 73.3 Å². The van der Waals surface area contributed by atoms with Crippen LogP contribution in [0.1, 0.15) is 34.7 Å². The number of hydrogen-bond acceptors (Lipinski definition) is 6. The molecule has 0 spiro atoms. The first-order chi connectivity index (χ1) is 14.1. The van der Waals surface area contributed by atoms with Crippen molar-refractivity contribution in [1.29, 1.82) is 0 Å². The number of likely N-dealkylation sites (tertiary alicyclic amines) is 1. The van der Waals surface area contributed by atoms with Gasteiger partial charge >= 0.3 is 0 Å². The van der Waals surface area contributed by atoms with Crippen molar-refractivity contribution in [1.82, 2.24) is 15.0 Å². The van der Waals surface area contributed by atoms with Crippen LogP contribution in [0.2, 0.25) is 0 Å². The Balaban J connectivity index is 1.29. The number of rotatable bonds is 4. The Morgan fingerprint density at radius 2 is 1.83 bits per heavy atom. The molecule has 2 aliphatic heterocycles. The molecule has 1 aromatic heterocycles. The molecule has 0 bridgehead atoms. The van der Waals surface area contributed by atoms with Gasteiger partial charge in [0.05, 0.1) is 12.8 Å². The number of benzene rings is 1. The summed E-state index contributed by atoms with van der Waals surface area (Å²) in [6.45, 7) is 9.38. The van der Waals surface area contributed by atoms with Crippen LogP contribution < -0.4 is 9.64 Å². The minimum absolute atomic E-state index is 0.0579. The second-order valence-corrected chi connectivity index (χ2v) is 7.95. The van der Waals surface area contributed by atoms with Gasteiger partial charge in [-0.05, 0) is 38.8 Å². The van der Waals surface area contributed by atoms with E-state index >= 15 is 0 Å². The first-order valence-electron chi connectivity index (χ1n) is 10.4. The fourth-order valence-corrected chi connectivity index (χ4v) is 4.53. The molecule has 3 heterocycles. The van der Waals surface area contributed by atoms with Crippen LogP contribution >= 0.6 is 0 Å². The van der Waals surface area contributed by atoms with Crippen molar-refractivity contribution in [2.24, 2.45) is 0 Å². The van der Waals surface area contributed by atoms with Crippen LogP contribution in [0.25, 0.3) is 0 Å². The molecule has 0 aliphatic carbocycles. The first-order valence-corrected chi connectivity index (χ1v) is 10.4. The van der Waals surface area contributed by atoms with Crippen molar-refractivity contribution < 1.29 is 14.1 Å². The van der Waals surface area contributed by atoms with E-state index in [1.54, 1.807) is 7.11 Å². The van der Waals surface area contributed by atoms with E-state index in [-0.39, 0.29) is 5.91 Å². The molecule has 2 saturated heterocycles. The highest BCUT2D eigenvalue weighted by Crippen LogP contribution is 2.25. The van der Waals surface area contributed by atoms with Crippen LogP contribution in [0, 0.1) is 13.8 Å². The van der Waals surface area contributed by atoms with Gasteiger partial charge in [0.15, 0.2) is 0 Å². The van der Waals surface area contributed by atoms with Crippen molar-refractivity contribution in [3.05, 3.63) is 41.3 Å². The van der Waals surface area contributed by atoms with Crippen LogP contribution in [-0.2, 0) is 0 Å². The first kappa shape index (κ1) is 19.8. The predicted molar refractivity (Wildman–Crippen MR) is 112 cm³/mol. The number of anilines is 1. The molecular weight excluding hydrogens is 368 g/mol. The molecule has 0 radical (unpaired) electrons. The molecule has 7 heteroatoms. The molecule has 1 aromatic carbocycles. The van der Waals surface area contributed by atoms with Gasteiger partial charge in [-0.15, -0.1) is 0 Å². The van der Waals surface area contributed by atoms with Crippen molar-refractivity contribution in [2.45, 2.75) is 32.7 Å². The summed E-state index contributed by atoms with van der Waals surface area (Å²) < 4.78 is 10.5. The quantitative estimate of drug-likeness (QED) is 0.789. The summed E-state index contributed by atoms with van der Waals surface area (Å²) >= 11 is 0. The third-order valence-electron chi connectivity index (χ3n) is 6.25. The van der Waals surface area contributed by atoms with Gasteiger partial charge in [-0.3, -0.25) is 9.69 Å². The standard InChI is InChI=1S/C22H30N4O3/c1-16-21(17(2)29-23-16)22(27)26-9-7-18(8-10-26)24-11-13-25(14-12-24)19-5-4-6-20(15-19)28-3/h4-6,15,18H,7-14H2,1-3H3. The van der Waals surface area contributed by atoms with E-state index in [2.05, 4.69) is 27.1 Å². The summed E-state index contributed by atoms with van der Waals surface area (Å²) in [5.41, 5.74) is 2.54. The molecular formula is C22H30N4O3. The Morgan fingerprint density at radius 3 is 2.45 bits per heavy atom. The number of piperidine rings is 1. The Kier molecular flexibility index (Phi) is 5.76. The minimum Gasteiger partial charge on any atom is -0.497 e. The summed E-state index contributed by atoms with van der Waals surface area (Å²) in [6.07, 6.45) is 2.04. The van der Waals surface area contributed by atoms with Gasteiger partial charge < -0.3 is 19.1 Å². The van der Waals surface area contributed by atoms with Crippen molar-refractivity contribution >= 4 is 11.6 Å². The molecule has 29 heavy (non-hydrogen) atoms. The van der Waals surface area contributed by atoms with E-state index in [4.69, 9.17) is 9.26 Å². The van der Waals surface area contributed by atoms with Gasteiger partial charge in [0, 0.05) is 57.1 Å². The van der Waals surface area contributed by atoms with E-state index in [1.807, 2.05) is 30.9 Å². The topological polar surface area (TPSA) is 62.1 Å². The second-order valence-electron chi connectivity index (χ2n) is 7.95. The highest BCUT2D eigenvalue weighted by molar-refractivity contribution is 5.96. The molecule has 4 rings (SSSR count). The summed E-state index contributed by atoms with van der Waals surface area (Å²) in [7, 11) is 1.71. The lowest BCUT2D eigenvalue weighted by Crippen LogP contribution is -2.53. The predicted octanol–water partition coefficient (Wildman–Crippen LogP) is 2.73. The molecule has 0 saturated carbocycles. The molecule has 0 atom stereocenters. The smallest absolute Gasteiger partial charge is 0.259 e. The number of ether oxygens (including phenoxy) is 1. The lowest BCUT2D eigenvalue weighted by molar-refractivity contribution is 0.0609. The van der Waals surface area contributed by atoms with Crippen LogP contribution in [0.3, 0.4) is 0 Å². The third-order valence-corrected chi connectivity index (χ3v) is 6.25. The largest absolute Gasteiger partial charge is 0.497 e. The fraction of sp³-hybridized carbons (Fsp3) is 0.545. The van der Waals surface area contributed by atoms with Gasteiger partial charge in [0.1, 0.15) is 17.1 Å². The van der Waals surface area contributed by atoms with Gasteiger partial charge in [0.25, 0.3) is 5.91 Å². The van der Waals surface area contributed by atoms with Gasteiger partial charge in [0.2, 0.25) is 0 Å². The summed E-state index contributed by atoms with van der Waals surface area (Å²) in [5, 5.41) is 3.92. The van der Waals surface area contributed by atoms with E-state index in [0.717, 1.165) is 57.9 Å². The number of amides is 1. The zero-order valence-electron chi connectivity index (χ0n) is 17.6. The number of nitrogens with zero attached hydrogens (tertiary/aromatic N) is 4. The van der Waals surface area contributed by atoms with Crippen LogP contribution in [0.15, 0.2) is 28.8 Å². The third kappa shape index (κ3) is 4.10. The van der Waals surface area contributed by atoms with Gasteiger partial charge in [-0.1, -0.05) is 11.2 Å². The average Bonchev–Trinajstić information content (AvgIpc) is 3.11. The van der Waals surface area contributed by atoms with Crippen molar-refractivity contribution in [3.8, 4) is 5.75 Å². The fourth-order valence-electron chi connectivity index (χ4n) is 4.53. The summed E-state index contributed by atoms with van der Waals surface area (Å²) in [4.78, 5) is 19.8. The highest BCUT2D eigenvalue weighted by atomic mass is 16.5. The average molecular weight is 399 g/mol. The monoisotopic (exact) mass is 398 g/mol. The van der Waals surface area contributed by atoms with Crippen LogP contribution in [0.5, 0.6) is 5.75 Å². The molecule has 0 N–H and O–H groups in total. The Labute approximate surface area is 172 Å². The zero-order valence-corrected chi connectivity index (χ0v) is 17.6. The highest BCUT2D eigenvalue weighted by Gasteiger charge is 2.31. The lowest BCUT2D eigenvalue weighted by Gasteiger charge is -2.43. The second kappa shape index (κ2) is 8.45. The normalized spacial score (nSPS) is 18.9. The molecule has 0 unspecified atom stereocenters. The van der Waals surface area contributed by atoms with Gasteiger partial charge in [-0.2, -0.15) is 0 Å². The number of carbonyl (C=O) groups is 1. The Bertz CT molecular complexity index is 830. The SMILES string of the molecule is COc1cccc(N2CCN(C3CCN(C(=O)c4c(C)noc4C)CC3)CC2)c1. The Morgan fingerprint density at radius 1 is 1.10 bits per heavy atom. The number of hydrogen-bond donors (Lipinski definition) is 0. The molecule has 7 nitrogen and oxygen atoms in total. The maximum absolute atomic E-state index is 12.8. The number of carbonyl (C=O) groups excluding carboxylic acids is 1. The van der Waals surface area contributed by atoms with E-state index in [0.29, 0.717) is 23.1 Å². The molecule has 2 aliphatic rings. The maximum atomic E-state index is 12.8. The minimum atomic E-state index is 0.0579. The summed E-state index contributed by atoms with van der Waals surface area (Å²) in [5.74, 6) is 1.58. The number of piperazine rings is 1. The number of aromatic nitrogens is 1. The molecule has 156 valence electrons. The molecule has 2 aromatic rings.